The van der Waals surface area contributed by atoms with Crippen LogP contribution in [-0.4, -0.2) is 37.4 Å². The molecular weight excluding hydrogens is 388 g/mol. The average Bonchev–Trinajstić information content (AvgIpc) is 3.22. The topological polar surface area (TPSA) is 82.1 Å². The predicted octanol–water partition coefficient (Wildman–Crippen LogP) is 3.99. The minimum Gasteiger partial charge on any atom is -0.387 e. The van der Waals surface area contributed by atoms with E-state index >= 15 is 0 Å². The molecule has 0 aliphatic rings. The van der Waals surface area contributed by atoms with Crippen molar-refractivity contribution in [2.45, 2.75) is 12.6 Å². The average molecular weight is 407 g/mol. The van der Waals surface area contributed by atoms with Crippen molar-refractivity contribution in [2.75, 3.05) is 6.54 Å². The lowest BCUT2D eigenvalue weighted by atomic mass is 10.1. The molecule has 0 aliphatic carbocycles. The van der Waals surface area contributed by atoms with Gasteiger partial charge >= 0.3 is 0 Å². The van der Waals surface area contributed by atoms with Crippen molar-refractivity contribution in [3.8, 4) is 0 Å². The first kappa shape index (κ1) is 19.1. The number of nitrogens with one attached hydrogen (secondary N) is 1. The molecule has 0 saturated carbocycles. The quantitative estimate of drug-likeness (QED) is 0.507. The molecule has 2 N–H and O–H groups in total. The summed E-state index contributed by atoms with van der Waals surface area (Å²) in [5, 5.41) is 11.3. The Hall–Kier alpha value is -3.22. The standard InChI is InChI=1S/C22H19ClN4O2/c23-17-8-4-7-16(11-17)19(28)13-27(12-15-5-2-1-3-6-15)22(29)18-9-10-24-21-20(18)25-14-26-21/h1-11,14,19,28H,12-13H2,(H,24,25,26). The van der Waals surface area contributed by atoms with E-state index in [-0.39, 0.29) is 12.5 Å². The Morgan fingerprint density at radius 1 is 1.10 bits per heavy atom. The summed E-state index contributed by atoms with van der Waals surface area (Å²) < 4.78 is 0. The first-order chi connectivity index (χ1) is 14.1. The Morgan fingerprint density at radius 2 is 1.93 bits per heavy atom. The summed E-state index contributed by atoms with van der Waals surface area (Å²) in [6, 6.07) is 18.3. The number of carbonyl (C=O) groups is 1. The Morgan fingerprint density at radius 3 is 2.72 bits per heavy atom. The number of benzene rings is 2. The highest BCUT2D eigenvalue weighted by Gasteiger charge is 2.23. The van der Waals surface area contributed by atoms with Crippen LogP contribution in [0, 0.1) is 0 Å². The van der Waals surface area contributed by atoms with Crippen LogP contribution in [-0.2, 0) is 6.54 Å². The number of amides is 1. The third-order valence-corrected chi connectivity index (χ3v) is 4.92. The van der Waals surface area contributed by atoms with Gasteiger partial charge in [0.2, 0.25) is 0 Å². The van der Waals surface area contributed by atoms with Gasteiger partial charge in [0.05, 0.1) is 30.1 Å². The fraction of sp³-hybridized carbons (Fsp3) is 0.136. The molecule has 2 aromatic heterocycles. The molecule has 6 nitrogen and oxygen atoms in total. The zero-order chi connectivity index (χ0) is 20.2. The molecule has 1 unspecified atom stereocenters. The van der Waals surface area contributed by atoms with Crippen LogP contribution >= 0.6 is 11.6 Å². The van der Waals surface area contributed by atoms with Crippen LogP contribution in [0.5, 0.6) is 0 Å². The molecular formula is C22H19ClN4O2. The number of pyridine rings is 1. The number of fused-ring (bicyclic) bond motifs is 1. The second kappa shape index (κ2) is 8.43. The van der Waals surface area contributed by atoms with E-state index in [9.17, 15) is 9.90 Å². The summed E-state index contributed by atoms with van der Waals surface area (Å²) in [6.45, 7) is 0.473. The van der Waals surface area contributed by atoms with Crippen molar-refractivity contribution in [3.05, 3.63) is 94.9 Å². The molecule has 1 atom stereocenters. The first-order valence-electron chi connectivity index (χ1n) is 9.16. The van der Waals surface area contributed by atoms with E-state index in [4.69, 9.17) is 11.6 Å². The maximum absolute atomic E-state index is 13.4. The Kier molecular flexibility index (Phi) is 5.55. The summed E-state index contributed by atoms with van der Waals surface area (Å²) in [5.41, 5.74) is 3.14. The van der Waals surface area contributed by atoms with Gasteiger partial charge in [-0.15, -0.1) is 0 Å². The highest BCUT2D eigenvalue weighted by atomic mass is 35.5. The smallest absolute Gasteiger partial charge is 0.256 e. The van der Waals surface area contributed by atoms with E-state index in [0.717, 1.165) is 5.56 Å². The van der Waals surface area contributed by atoms with Gasteiger partial charge in [-0.3, -0.25) is 4.79 Å². The van der Waals surface area contributed by atoms with E-state index in [1.165, 1.54) is 6.33 Å². The second-order valence-corrected chi connectivity index (χ2v) is 7.14. The van der Waals surface area contributed by atoms with Crippen LogP contribution in [0.25, 0.3) is 11.2 Å². The van der Waals surface area contributed by atoms with E-state index in [0.29, 0.717) is 33.9 Å². The van der Waals surface area contributed by atoms with Crippen LogP contribution in [0.4, 0.5) is 0 Å². The van der Waals surface area contributed by atoms with Crippen molar-refractivity contribution >= 4 is 28.7 Å². The SMILES string of the molecule is O=C(c1ccnc2nc[nH]c12)N(Cc1ccccc1)CC(O)c1cccc(Cl)c1. The number of hydrogen-bond acceptors (Lipinski definition) is 4. The first-order valence-corrected chi connectivity index (χ1v) is 9.54. The molecule has 0 bridgehead atoms. The third kappa shape index (κ3) is 4.29. The van der Waals surface area contributed by atoms with Crippen molar-refractivity contribution in [1.29, 1.82) is 0 Å². The number of imidazole rings is 1. The van der Waals surface area contributed by atoms with Crippen LogP contribution < -0.4 is 0 Å². The minimum atomic E-state index is -0.875. The lowest BCUT2D eigenvalue weighted by molar-refractivity contribution is 0.0605. The molecule has 0 saturated heterocycles. The maximum Gasteiger partial charge on any atom is 0.256 e. The van der Waals surface area contributed by atoms with Gasteiger partial charge in [-0.05, 0) is 29.3 Å². The number of halogens is 1. The van der Waals surface area contributed by atoms with Crippen molar-refractivity contribution in [1.82, 2.24) is 19.9 Å². The van der Waals surface area contributed by atoms with Gasteiger partial charge in [0.15, 0.2) is 5.65 Å². The van der Waals surface area contributed by atoms with E-state index < -0.39 is 6.10 Å². The molecule has 4 rings (SSSR count). The number of hydrogen-bond donors (Lipinski definition) is 2. The molecule has 2 heterocycles. The van der Waals surface area contributed by atoms with Gasteiger partial charge in [0, 0.05) is 17.8 Å². The van der Waals surface area contributed by atoms with Gasteiger partial charge in [-0.2, -0.15) is 0 Å². The number of nitrogens with zero attached hydrogens (tertiary/aromatic N) is 3. The molecule has 1 amide bonds. The Balaban J connectivity index is 1.66. The fourth-order valence-electron chi connectivity index (χ4n) is 3.25. The number of aliphatic hydroxyl groups is 1. The molecule has 2 aromatic carbocycles. The third-order valence-electron chi connectivity index (χ3n) is 4.69. The highest BCUT2D eigenvalue weighted by Crippen LogP contribution is 2.22. The highest BCUT2D eigenvalue weighted by molar-refractivity contribution is 6.30. The van der Waals surface area contributed by atoms with Gasteiger partial charge in [-0.25, -0.2) is 9.97 Å². The summed E-state index contributed by atoms with van der Waals surface area (Å²) in [4.78, 5) is 26.3. The molecule has 7 heteroatoms. The summed E-state index contributed by atoms with van der Waals surface area (Å²) >= 11 is 6.06. The largest absolute Gasteiger partial charge is 0.387 e. The van der Waals surface area contributed by atoms with Crippen LogP contribution in [0.1, 0.15) is 27.6 Å². The summed E-state index contributed by atoms with van der Waals surface area (Å²) in [6.07, 6.45) is 2.20. The predicted molar refractivity (Wildman–Crippen MR) is 111 cm³/mol. The number of aromatic nitrogens is 3. The summed E-state index contributed by atoms with van der Waals surface area (Å²) in [7, 11) is 0. The second-order valence-electron chi connectivity index (χ2n) is 6.70. The molecule has 0 radical (unpaired) electrons. The molecule has 29 heavy (non-hydrogen) atoms. The van der Waals surface area contributed by atoms with Crippen LogP contribution in [0.3, 0.4) is 0 Å². The van der Waals surface area contributed by atoms with Gasteiger partial charge in [0.1, 0.15) is 0 Å². The number of H-pyrrole nitrogens is 1. The number of carbonyl (C=O) groups excluding carboxylic acids is 1. The zero-order valence-corrected chi connectivity index (χ0v) is 16.3. The van der Waals surface area contributed by atoms with Crippen molar-refractivity contribution < 1.29 is 9.90 Å². The van der Waals surface area contributed by atoms with Crippen molar-refractivity contribution in [3.63, 3.8) is 0 Å². The van der Waals surface area contributed by atoms with Crippen molar-refractivity contribution in [2.24, 2.45) is 0 Å². The molecule has 0 aliphatic heterocycles. The van der Waals surface area contributed by atoms with Gasteiger partial charge < -0.3 is 15.0 Å². The number of aromatic amines is 1. The van der Waals surface area contributed by atoms with Crippen LogP contribution in [0.2, 0.25) is 5.02 Å². The molecule has 4 aromatic rings. The number of rotatable bonds is 6. The fourth-order valence-corrected chi connectivity index (χ4v) is 3.45. The molecule has 0 fully saturated rings. The van der Waals surface area contributed by atoms with E-state index in [2.05, 4.69) is 15.0 Å². The van der Waals surface area contributed by atoms with Gasteiger partial charge in [0.25, 0.3) is 5.91 Å². The summed E-state index contributed by atoms with van der Waals surface area (Å²) in [5.74, 6) is -0.216. The maximum atomic E-state index is 13.4. The lowest BCUT2D eigenvalue weighted by Gasteiger charge is -2.26. The van der Waals surface area contributed by atoms with Crippen LogP contribution in [0.15, 0.2) is 73.2 Å². The monoisotopic (exact) mass is 406 g/mol. The minimum absolute atomic E-state index is 0.117. The van der Waals surface area contributed by atoms with E-state index in [1.54, 1.807) is 41.4 Å². The normalized spacial score (nSPS) is 12.1. The lowest BCUT2D eigenvalue weighted by Crippen LogP contribution is -2.34. The Labute approximate surface area is 172 Å². The molecule has 0 spiro atoms. The zero-order valence-electron chi connectivity index (χ0n) is 15.5. The number of aliphatic hydroxyl groups excluding tert-OH is 1. The van der Waals surface area contributed by atoms with E-state index in [1.807, 2.05) is 30.3 Å². The molecule has 146 valence electrons. The Bertz CT molecular complexity index is 1130. The van der Waals surface area contributed by atoms with Gasteiger partial charge in [-0.1, -0.05) is 54.1 Å².